The van der Waals surface area contributed by atoms with Crippen molar-refractivity contribution in [2.24, 2.45) is 0 Å². The average Bonchev–Trinajstić information content (AvgIpc) is 2.38. The maximum atomic E-state index is 11.5. The summed E-state index contributed by atoms with van der Waals surface area (Å²) < 4.78 is 8.90. The molecule has 2 unspecified atom stereocenters. The summed E-state index contributed by atoms with van der Waals surface area (Å²) in [6, 6.07) is 2.61. The number of carbonyl (C=O) groups excluding carboxylic acids is 3. The topological polar surface area (TPSA) is 123 Å². The highest BCUT2D eigenvalue weighted by Crippen LogP contribution is 2.19. The summed E-state index contributed by atoms with van der Waals surface area (Å²) in [5, 5.41) is 18.5. The number of hydrogen-bond donors (Lipinski definition) is 2. The van der Waals surface area contributed by atoms with Crippen LogP contribution in [0.3, 0.4) is 0 Å². The standard InChI is InChI=1S/C10H7NO7/c12-6-7(13)10(16)18-8(14)5-4(17-9(6)15)2-1-3-11-5/h1-3,6-7,12-13H. The monoisotopic (exact) mass is 253 g/mol. The second kappa shape index (κ2) is 4.51. The molecule has 2 N–H and O–H groups in total. The van der Waals surface area contributed by atoms with Crippen molar-refractivity contribution in [2.75, 3.05) is 0 Å². The van der Waals surface area contributed by atoms with Gasteiger partial charge in [-0.1, -0.05) is 0 Å². The lowest BCUT2D eigenvalue weighted by Crippen LogP contribution is -2.42. The third-order valence-corrected chi connectivity index (χ3v) is 2.15. The van der Waals surface area contributed by atoms with Crippen molar-refractivity contribution in [1.29, 1.82) is 0 Å². The fourth-order valence-electron chi connectivity index (χ4n) is 1.25. The van der Waals surface area contributed by atoms with Crippen molar-refractivity contribution in [3.63, 3.8) is 0 Å². The van der Waals surface area contributed by atoms with Crippen LogP contribution in [0.2, 0.25) is 0 Å². The van der Waals surface area contributed by atoms with Gasteiger partial charge in [0.2, 0.25) is 0 Å². The Morgan fingerprint density at radius 2 is 1.67 bits per heavy atom. The summed E-state index contributed by atoms with van der Waals surface area (Å²) in [6.07, 6.45) is -3.12. The van der Waals surface area contributed by atoms with Crippen LogP contribution >= 0.6 is 0 Å². The van der Waals surface area contributed by atoms with Gasteiger partial charge in [0.1, 0.15) is 0 Å². The van der Waals surface area contributed by atoms with E-state index in [0.29, 0.717) is 0 Å². The Kier molecular flexibility index (Phi) is 3.04. The van der Waals surface area contributed by atoms with Gasteiger partial charge in [0.15, 0.2) is 23.7 Å². The molecular formula is C10H7NO7. The molecular weight excluding hydrogens is 246 g/mol. The van der Waals surface area contributed by atoms with E-state index < -0.39 is 35.8 Å². The lowest BCUT2D eigenvalue weighted by Gasteiger charge is -2.12. The van der Waals surface area contributed by atoms with Crippen molar-refractivity contribution in [3.05, 3.63) is 24.0 Å². The van der Waals surface area contributed by atoms with Gasteiger partial charge in [-0.05, 0) is 12.1 Å². The van der Waals surface area contributed by atoms with Crippen LogP contribution in [0.25, 0.3) is 0 Å². The molecule has 0 saturated heterocycles. The van der Waals surface area contributed by atoms with Crippen molar-refractivity contribution in [1.82, 2.24) is 4.98 Å². The van der Waals surface area contributed by atoms with Gasteiger partial charge >= 0.3 is 17.9 Å². The number of carbonyl (C=O) groups is 3. The first-order valence-corrected chi connectivity index (χ1v) is 4.79. The Labute approximate surface area is 99.8 Å². The molecule has 8 nitrogen and oxygen atoms in total. The first-order valence-electron chi connectivity index (χ1n) is 4.79. The molecule has 1 aliphatic heterocycles. The van der Waals surface area contributed by atoms with Gasteiger partial charge in [-0.15, -0.1) is 0 Å². The predicted octanol–water partition coefficient (Wildman–Crippen LogP) is -1.59. The fraction of sp³-hybridized carbons (Fsp3) is 0.200. The van der Waals surface area contributed by atoms with Crippen molar-refractivity contribution >= 4 is 17.9 Å². The minimum atomic E-state index is -2.20. The zero-order valence-corrected chi connectivity index (χ0v) is 8.77. The molecule has 0 fully saturated rings. The predicted molar refractivity (Wildman–Crippen MR) is 52.3 cm³/mol. The quantitative estimate of drug-likeness (QED) is 0.419. The molecule has 2 heterocycles. The molecule has 1 aromatic heterocycles. The Hall–Kier alpha value is -2.32. The van der Waals surface area contributed by atoms with E-state index in [9.17, 15) is 24.6 Å². The van der Waals surface area contributed by atoms with Crippen LogP contribution in [0.4, 0.5) is 0 Å². The smallest absolute Gasteiger partial charge is 0.368 e. The lowest BCUT2D eigenvalue weighted by atomic mass is 10.2. The molecule has 2 rings (SSSR count). The maximum absolute atomic E-state index is 11.5. The minimum Gasteiger partial charge on any atom is -0.422 e. The van der Waals surface area contributed by atoms with Crippen LogP contribution in [-0.4, -0.2) is 45.3 Å². The Balaban J connectivity index is 2.47. The Morgan fingerprint density at radius 3 is 2.33 bits per heavy atom. The summed E-state index contributed by atoms with van der Waals surface area (Å²) in [6.45, 7) is 0. The molecule has 0 radical (unpaired) electrons. The van der Waals surface area contributed by atoms with Gasteiger partial charge in [-0.3, -0.25) is 0 Å². The van der Waals surface area contributed by atoms with Gasteiger partial charge in [0.25, 0.3) is 0 Å². The average molecular weight is 253 g/mol. The molecule has 0 aromatic carbocycles. The summed E-state index contributed by atoms with van der Waals surface area (Å²) >= 11 is 0. The highest BCUT2D eigenvalue weighted by atomic mass is 16.6. The van der Waals surface area contributed by atoms with Crippen LogP contribution in [0.5, 0.6) is 5.75 Å². The third kappa shape index (κ3) is 2.06. The number of rotatable bonds is 0. The van der Waals surface area contributed by atoms with Crippen molar-refractivity contribution in [2.45, 2.75) is 12.2 Å². The maximum Gasteiger partial charge on any atom is 0.368 e. The number of hydrogen-bond acceptors (Lipinski definition) is 8. The zero-order chi connectivity index (χ0) is 13.3. The number of ether oxygens (including phenoxy) is 2. The zero-order valence-electron chi connectivity index (χ0n) is 8.77. The summed E-state index contributed by atoms with van der Waals surface area (Å²) in [7, 11) is 0. The summed E-state index contributed by atoms with van der Waals surface area (Å²) in [5.74, 6) is -4.20. The minimum absolute atomic E-state index is 0.270. The molecule has 94 valence electrons. The van der Waals surface area contributed by atoms with E-state index in [1.165, 1.54) is 18.3 Å². The molecule has 0 saturated carbocycles. The fourth-order valence-corrected chi connectivity index (χ4v) is 1.25. The number of esters is 3. The SMILES string of the molecule is O=C1OC(=O)C(O)C(O)C(=O)Oc2cccnc21. The molecule has 0 bridgehead atoms. The highest BCUT2D eigenvalue weighted by Gasteiger charge is 2.37. The van der Waals surface area contributed by atoms with E-state index in [1.54, 1.807) is 0 Å². The van der Waals surface area contributed by atoms with E-state index in [-0.39, 0.29) is 5.75 Å². The Morgan fingerprint density at radius 1 is 1.06 bits per heavy atom. The van der Waals surface area contributed by atoms with Gasteiger partial charge in [-0.25, -0.2) is 19.4 Å². The first kappa shape index (κ1) is 12.1. The van der Waals surface area contributed by atoms with Crippen molar-refractivity contribution < 1.29 is 34.1 Å². The number of nitrogens with zero attached hydrogens (tertiary/aromatic N) is 1. The van der Waals surface area contributed by atoms with Gasteiger partial charge in [0, 0.05) is 6.20 Å². The number of aromatic nitrogens is 1. The largest absolute Gasteiger partial charge is 0.422 e. The first-order chi connectivity index (χ1) is 8.50. The van der Waals surface area contributed by atoms with Crippen LogP contribution in [0, 0.1) is 0 Å². The van der Waals surface area contributed by atoms with Gasteiger partial charge < -0.3 is 19.7 Å². The second-order valence-corrected chi connectivity index (χ2v) is 3.37. The highest BCUT2D eigenvalue weighted by molar-refractivity contribution is 6.01. The van der Waals surface area contributed by atoms with Gasteiger partial charge in [0.05, 0.1) is 0 Å². The third-order valence-electron chi connectivity index (χ3n) is 2.15. The summed E-state index contributed by atoms with van der Waals surface area (Å²) in [4.78, 5) is 37.7. The van der Waals surface area contributed by atoms with Crippen LogP contribution in [0.1, 0.15) is 10.5 Å². The number of fused-ring (bicyclic) bond motifs is 1. The van der Waals surface area contributed by atoms with Crippen LogP contribution in [0.15, 0.2) is 18.3 Å². The Bertz CT molecular complexity index is 527. The molecule has 2 atom stereocenters. The molecule has 8 heteroatoms. The number of cyclic esters (lactones) is 2. The summed E-state index contributed by atoms with van der Waals surface area (Å²) in [5.41, 5.74) is -0.402. The lowest BCUT2D eigenvalue weighted by molar-refractivity contribution is -0.163. The van der Waals surface area contributed by atoms with Crippen LogP contribution < -0.4 is 4.74 Å². The number of pyridine rings is 1. The van der Waals surface area contributed by atoms with Crippen molar-refractivity contribution in [3.8, 4) is 5.75 Å². The molecule has 1 aromatic rings. The normalized spacial score (nSPS) is 24.2. The molecule has 0 spiro atoms. The van der Waals surface area contributed by atoms with E-state index in [0.717, 1.165) is 0 Å². The van der Waals surface area contributed by atoms with Gasteiger partial charge in [-0.2, -0.15) is 0 Å². The second-order valence-electron chi connectivity index (χ2n) is 3.37. The van der Waals surface area contributed by atoms with E-state index in [1.807, 2.05) is 0 Å². The van der Waals surface area contributed by atoms with Crippen LogP contribution in [-0.2, 0) is 14.3 Å². The van der Waals surface area contributed by atoms with E-state index in [4.69, 9.17) is 0 Å². The van der Waals surface area contributed by atoms with E-state index >= 15 is 0 Å². The number of aliphatic hydroxyl groups is 2. The molecule has 0 aliphatic carbocycles. The molecule has 1 aliphatic rings. The van der Waals surface area contributed by atoms with E-state index in [2.05, 4.69) is 14.5 Å². The molecule has 0 amide bonds. The molecule has 18 heavy (non-hydrogen) atoms. The number of aliphatic hydroxyl groups excluding tert-OH is 2.